The molecule has 0 saturated heterocycles. The predicted molar refractivity (Wildman–Crippen MR) is 71.2 cm³/mol. The zero-order valence-electron chi connectivity index (χ0n) is 10.1. The van der Waals surface area contributed by atoms with E-state index in [2.05, 4.69) is 15.9 Å². The fourth-order valence-electron chi connectivity index (χ4n) is 1.87. The molecule has 0 aliphatic carbocycles. The third-order valence-electron chi connectivity index (χ3n) is 2.88. The first-order chi connectivity index (χ1) is 8.91. The molecule has 0 aromatic heterocycles. The zero-order chi connectivity index (χ0) is 14.2. The van der Waals surface area contributed by atoms with Crippen LogP contribution in [0.1, 0.15) is 22.7 Å². The molecule has 0 amide bonds. The summed E-state index contributed by atoms with van der Waals surface area (Å²) in [4.78, 5) is 0. The van der Waals surface area contributed by atoms with Gasteiger partial charge in [-0.05, 0) is 46.6 Å². The number of hydrogen-bond acceptors (Lipinski definition) is 1. The van der Waals surface area contributed by atoms with Gasteiger partial charge in [0.25, 0.3) is 0 Å². The molecule has 100 valence electrons. The highest BCUT2D eigenvalue weighted by Crippen LogP contribution is 2.30. The van der Waals surface area contributed by atoms with Gasteiger partial charge >= 0.3 is 0 Å². The van der Waals surface area contributed by atoms with Crippen molar-refractivity contribution in [1.29, 1.82) is 0 Å². The van der Waals surface area contributed by atoms with Crippen molar-refractivity contribution in [3.8, 4) is 0 Å². The van der Waals surface area contributed by atoms with Gasteiger partial charge in [-0.25, -0.2) is 13.2 Å². The Morgan fingerprint density at radius 2 is 1.74 bits per heavy atom. The average Bonchev–Trinajstić information content (AvgIpc) is 2.34. The Morgan fingerprint density at radius 1 is 1.05 bits per heavy atom. The molecule has 2 aromatic carbocycles. The molecule has 0 spiro atoms. The van der Waals surface area contributed by atoms with Crippen LogP contribution in [0.15, 0.2) is 34.8 Å². The highest BCUT2D eigenvalue weighted by molar-refractivity contribution is 9.10. The van der Waals surface area contributed by atoms with Crippen molar-refractivity contribution in [2.24, 2.45) is 5.73 Å². The Morgan fingerprint density at radius 3 is 2.37 bits per heavy atom. The van der Waals surface area contributed by atoms with E-state index in [1.54, 1.807) is 13.0 Å². The van der Waals surface area contributed by atoms with Gasteiger partial charge in [0, 0.05) is 11.1 Å². The van der Waals surface area contributed by atoms with Crippen molar-refractivity contribution in [2.45, 2.75) is 13.0 Å². The number of hydrogen-bond donors (Lipinski definition) is 1. The van der Waals surface area contributed by atoms with Crippen LogP contribution in [0.2, 0.25) is 0 Å². The average molecular weight is 330 g/mol. The summed E-state index contributed by atoms with van der Waals surface area (Å²) in [5.41, 5.74) is 6.22. The van der Waals surface area contributed by atoms with E-state index in [9.17, 15) is 13.2 Å². The molecule has 0 aliphatic rings. The van der Waals surface area contributed by atoms with Crippen molar-refractivity contribution >= 4 is 15.9 Å². The Labute approximate surface area is 117 Å². The molecule has 1 unspecified atom stereocenters. The lowest BCUT2D eigenvalue weighted by Crippen LogP contribution is -2.17. The molecule has 19 heavy (non-hydrogen) atoms. The summed E-state index contributed by atoms with van der Waals surface area (Å²) >= 11 is 2.96. The van der Waals surface area contributed by atoms with Gasteiger partial charge in [0.15, 0.2) is 0 Å². The molecule has 0 bridgehead atoms. The van der Waals surface area contributed by atoms with Gasteiger partial charge in [0.1, 0.15) is 17.5 Å². The topological polar surface area (TPSA) is 26.0 Å². The van der Waals surface area contributed by atoms with Gasteiger partial charge < -0.3 is 5.73 Å². The first kappa shape index (κ1) is 14.1. The minimum Gasteiger partial charge on any atom is -0.320 e. The monoisotopic (exact) mass is 329 g/mol. The third kappa shape index (κ3) is 2.67. The van der Waals surface area contributed by atoms with Crippen LogP contribution in [0.25, 0.3) is 0 Å². The molecule has 2 rings (SSSR count). The number of nitrogens with two attached hydrogens (primary N) is 1. The largest absolute Gasteiger partial charge is 0.320 e. The van der Waals surface area contributed by atoms with Crippen LogP contribution in [-0.4, -0.2) is 0 Å². The number of benzene rings is 2. The number of halogens is 4. The maximum Gasteiger partial charge on any atom is 0.145 e. The standard InChI is InChI=1S/C14H11BrF3N/c1-7-2-3-8(11(17)6-7)14(19)12-10(16)5-4-9(15)13(12)18/h2-6,14H,19H2,1H3. The molecule has 2 N–H and O–H groups in total. The van der Waals surface area contributed by atoms with E-state index in [4.69, 9.17) is 5.73 Å². The van der Waals surface area contributed by atoms with Gasteiger partial charge in [-0.2, -0.15) is 0 Å². The Kier molecular flexibility index (Phi) is 3.96. The number of rotatable bonds is 2. The van der Waals surface area contributed by atoms with Crippen molar-refractivity contribution in [2.75, 3.05) is 0 Å². The lowest BCUT2D eigenvalue weighted by atomic mass is 9.97. The first-order valence-electron chi connectivity index (χ1n) is 5.57. The van der Waals surface area contributed by atoms with Crippen LogP contribution in [0.5, 0.6) is 0 Å². The highest BCUT2D eigenvalue weighted by atomic mass is 79.9. The first-order valence-corrected chi connectivity index (χ1v) is 6.36. The smallest absolute Gasteiger partial charge is 0.145 e. The molecule has 0 aliphatic heterocycles. The van der Waals surface area contributed by atoms with Crippen molar-refractivity contribution in [1.82, 2.24) is 0 Å². The van der Waals surface area contributed by atoms with Crippen LogP contribution in [0, 0.1) is 24.4 Å². The maximum atomic E-state index is 13.9. The van der Waals surface area contributed by atoms with E-state index in [1.165, 1.54) is 18.2 Å². The highest BCUT2D eigenvalue weighted by Gasteiger charge is 2.22. The van der Waals surface area contributed by atoms with Gasteiger partial charge in [0.2, 0.25) is 0 Å². The lowest BCUT2D eigenvalue weighted by Gasteiger charge is -2.16. The summed E-state index contributed by atoms with van der Waals surface area (Å²) in [6.07, 6.45) is 0. The van der Waals surface area contributed by atoms with Crippen LogP contribution in [0.3, 0.4) is 0 Å². The van der Waals surface area contributed by atoms with E-state index >= 15 is 0 Å². The van der Waals surface area contributed by atoms with Crippen molar-refractivity contribution in [3.05, 3.63) is 68.9 Å². The summed E-state index contributed by atoms with van der Waals surface area (Å²) in [5.74, 6) is -2.19. The van der Waals surface area contributed by atoms with E-state index < -0.39 is 23.5 Å². The lowest BCUT2D eigenvalue weighted by molar-refractivity contribution is 0.529. The van der Waals surface area contributed by atoms with E-state index in [-0.39, 0.29) is 15.6 Å². The molecule has 5 heteroatoms. The van der Waals surface area contributed by atoms with Crippen molar-refractivity contribution in [3.63, 3.8) is 0 Å². The second-order valence-corrected chi connectivity index (χ2v) is 5.11. The molecule has 1 atom stereocenters. The molecule has 1 nitrogen and oxygen atoms in total. The fraction of sp³-hybridized carbons (Fsp3) is 0.143. The fourth-order valence-corrected chi connectivity index (χ4v) is 2.21. The molecule has 2 aromatic rings. The zero-order valence-corrected chi connectivity index (χ0v) is 11.6. The normalized spacial score (nSPS) is 12.5. The van der Waals surface area contributed by atoms with E-state index in [0.717, 1.165) is 6.07 Å². The summed E-state index contributed by atoms with van der Waals surface area (Å²) in [6.45, 7) is 1.72. The Hall–Kier alpha value is -1.33. The van der Waals surface area contributed by atoms with Gasteiger partial charge in [0.05, 0.1) is 10.5 Å². The van der Waals surface area contributed by atoms with Gasteiger partial charge in [-0.3, -0.25) is 0 Å². The van der Waals surface area contributed by atoms with E-state index in [1.807, 2.05) is 0 Å². The Balaban J connectivity index is 2.56. The molecule has 0 radical (unpaired) electrons. The number of aryl methyl sites for hydroxylation is 1. The molecule has 0 fully saturated rings. The van der Waals surface area contributed by atoms with Gasteiger partial charge in [-0.15, -0.1) is 0 Å². The molecule has 0 heterocycles. The molecular formula is C14H11BrF3N. The third-order valence-corrected chi connectivity index (χ3v) is 3.49. The molecule has 0 saturated carbocycles. The predicted octanol–water partition coefficient (Wildman–Crippen LogP) is 4.22. The van der Waals surface area contributed by atoms with Crippen LogP contribution >= 0.6 is 15.9 Å². The summed E-state index contributed by atoms with van der Waals surface area (Å²) in [5, 5.41) is 0. The SMILES string of the molecule is Cc1ccc(C(N)c2c(F)ccc(Br)c2F)c(F)c1. The Bertz CT molecular complexity index is 628. The molecular weight excluding hydrogens is 319 g/mol. The van der Waals surface area contributed by atoms with Gasteiger partial charge in [-0.1, -0.05) is 12.1 Å². The maximum absolute atomic E-state index is 13.9. The van der Waals surface area contributed by atoms with E-state index in [0.29, 0.717) is 5.56 Å². The van der Waals surface area contributed by atoms with Crippen LogP contribution < -0.4 is 5.73 Å². The van der Waals surface area contributed by atoms with Crippen LogP contribution in [0.4, 0.5) is 13.2 Å². The quantitative estimate of drug-likeness (QED) is 0.820. The second kappa shape index (κ2) is 5.35. The van der Waals surface area contributed by atoms with Crippen LogP contribution in [-0.2, 0) is 0 Å². The minimum atomic E-state index is -1.20. The minimum absolute atomic E-state index is 0.0569. The summed E-state index contributed by atoms with van der Waals surface area (Å²) in [6, 6.07) is 5.50. The summed E-state index contributed by atoms with van der Waals surface area (Å²) in [7, 11) is 0. The second-order valence-electron chi connectivity index (χ2n) is 4.26. The summed E-state index contributed by atoms with van der Waals surface area (Å²) < 4.78 is 41.5. The van der Waals surface area contributed by atoms with Crippen molar-refractivity contribution < 1.29 is 13.2 Å².